The lowest BCUT2D eigenvalue weighted by molar-refractivity contribution is -0.149. The van der Waals surface area contributed by atoms with Crippen LogP contribution in [-0.2, 0) is 9.53 Å². The number of esters is 1. The van der Waals surface area contributed by atoms with Crippen LogP contribution in [0.25, 0.3) is 0 Å². The molecular weight excluding hydrogens is 330 g/mol. The first kappa shape index (κ1) is 21.0. The molecule has 0 spiro atoms. The van der Waals surface area contributed by atoms with Crippen molar-refractivity contribution in [2.75, 3.05) is 66.0 Å². The minimum Gasteiger partial charge on any atom is -0.466 e. The molecule has 7 nitrogen and oxygen atoms in total. The van der Waals surface area contributed by atoms with Crippen LogP contribution in [0.3, 0.4) is 0 Å². The van der Waals surface area contributed by atoms with Gasteiger partial charge in [-0.15, -0.1) is 0 Å². The third-order valence-corrected chi connectivity index (χ3v) is 5.42. The van der Waals surface area contributed by atoms with Crippen LogP contribution in [-0.4, -0.2) is 98.7 Å². The van der Waals surface area contributed by atoms with Crippen molar-refractivity contribution >= 4 is 11.9 Å². The van der Waals surface area contributed by atoms with Gasteiger partial charge in [-0.3, -0.25) is 14.7 Å². The Kier molecular flexibility index (Phi) is 8.65. The van der Waals surface area contributed by atoms with E-state index in [1.807, 2.05) is 6.92 Å². The first-order valence-electron chi connectivity index (χ1n) is 10.2. The Morgan fingerprint density at radius 3 is 2.38 bits per heavy atom. The van der Waals surface area contributed by atoms with Crippen LogP contribution in [0.15, 0.2) is 4.99 Å². The van der Waals surface area contributed by atoms with Gasteiger partial charge in [0.05, 0.1) is 19.1 Å². The molecular formula is C19H37N5O2. The molecule has 2 aliphatic heterocycles. The third-order valence-electron chi connectivity index (χ3n) is 5.42. The number of ether oxygens (including phenoxy) is 1. The SMILES string of the molecule is CCNC(=NCC(C)N1CCN(C)CC1)N1CCC(C(=O)OCC)CC1. The predicted molar refractivity (Wildman–Crippen MR) is 105 cm³/mol. The summed E-state index contributed by atoms with van der Waals surface area (Å²) in [7, 11) is 2.18. The summed E-state index contributed by atoms with van der Waals surface area (Å²) in [5.74, 6) is 0.979. The molecule has 0 saturated carbocycles. The van der Waals surface area contributed by atoms with Crippen molar-refractivity contribution in [3.05, 3.63) is 0 Å². The lowest BCUT2D eigenvalue weighted by Crippen LogP contribution is -2.50. The van der Waals surface area contributed by atoms with E-state index in [4.69, 9.17) is 9.73 Å². The maximum Gasteiger partial charge on any atom is 0.309 e. The number of likely N-dealkylation sites (N-methyl/N-ethyl adjacent to an activating group) is 1. The number of piperidine rings is 1. The molecule has 26 heavy (non-hydrogen) atoms. The van der Waals surface area contributed by atoms with Crippen molar-refractivity contribution in [2.45, 2.75) is 39.7 Å². The maximum absolute atomic E-state index is 11.9. The molecule has 2 heterocycles. The van der Waals surface area contributed by atoms with Gasteiger partial charge in [-0.25, -0.2) is 0 Å². The monoisotopic (exact) mass is 367 g/mol. The molecule has 0 aromatic heterocycles. The van der Waals surface area contributed by atoms with Gasteiger partial charge in [0.25, 0.3) is 0 Å². The van der Waals surface area contributed by atoms with Gasteiger partial charge in [0.15, 0.2) is 5.96 Å². The van der Waals surface area contributed by atoms with Gasteiger partial charge in [0.2, 0.25) is 0 Å². The molecule has 2 rings (SSSR count). The Hall–Kier alpha value is -1.34. The van der Waals surface area contributed by atoms with Gasteiger partial charge in [0, 0.05) is 51.9 Å². The van der Waals surface area contributed by atoms with Crippen molar-refractivity contribution < 1.29 is 9.53 Å². The van der Waals surface area contributed by atoms with Crippen molar-refractivity contribution in [1.82, 2.24) is 20.0 Å². The van der Waals surface area contributed by atoms with E-state index in [0.717, 1.165) is 71.2 Å². The second-order valence-corrected chi connectivity index (χ2v) is 7.40. The molecule has 7 heteroatoms. The quantitative estimate of drug-likeness (QED) is 0.427. The normalized spacial score (nSPS) is 22.3. The van der Waals surface area contributed by atoms with E-state index in [0.29, 0.717) is 12.6 Å². The molecule has 1 unspecified atom stereocenters. The molecule has 0 aromatic carbocycles. The smallest absolute Gasteiger partial charge is 0.309 e. The zero-order valence-electron chi connectivity index (χ0n) is 17.0. The van der Waals surface area contributed by atoms with Gasteiger partial charge in [-0.2, -0.15) is 0 Å². The highest BCUT2D eigenvalue weighted by Gasteiger charge is 2.27. The number of hydrogen-bond donors (Lipinski definition) is 1. The molecule has 2 saturated heterocycles. The lowest BCUT2D eigenvalue weighted by atomic mass is 9.97. The number of carbonyl (C=O) groups excluding carboxylic acids is 1. The Labute approximate surface area is 158 Å². The molecule has 0 radical (unpaired) electrons. The number of nitrogens with one attached hydrogen (secondary N) is 1. The first-order chi connectivity index (χ1) is 12.5. The topological polar surface area (TPSA) is 60.4 Å². The predicted octanol–water partition coefficient (Wildman–Crippen LogP) is 0.863. The second-order valence-electron chi connectivity index (χ2n) is 7.40. The fraction of sp³-hybridized carbons (Fsp3) is 0.895. The molecule has 2 fully saturated rings. The highest BCUT2D eigenvalue weighted by atomic mass is 16.5. The van der Waals surface area contributed by atoms with Gasteiger partial charge >= 0.3 is 5.97 Å². The van der Waals surface area contributed by atoms with Crippen LogP contribution in [0.5, 0.6) is 0 Å². The van der Waals surface area contributed by atoms with Gasteiger partial charge < -0.3 is 19.9 Å². The molecule has 0 aliphatic carbocycles. The Morgan fingerprint density at radius 1 is 1.15 bits per heavy atom. The van der Waals surface area contributed by atoms with E-state index in [1.54, 1.807) is 0 Å². The van der Waals surface area contributed by atoms with E-state index in [1.165, 1.54) is 0 Å². The number of guanidine groups is 1. The number of likely N-dealkylation sites (tertiary alicyclic amines) is 1. The average molecular weight is 368 g/mol. The number of rotatable bonds is 6. The van der Waals surface area contributed by atoms with Gasteiger partial charge in [0.1, 0.15) is 0 Å². The summed E-state index contributed by atoms with van der Waals surface area (Å²) < 4.78 is 5.17. The van der Waals surface area contributed by atoms with Crippen LogP contribution in [0.1, 0.15) is 33.6 Å². The fourth-order valence-electron chi connectivity index (χ4n) is 3.61. The van der Waals surface area contributed by atoms with Crippen LogP contribution >= 0.6 is 0 Å². The molecule has 1 N–H and O–H groups in total. The summed E-state index contributed by atoms with van der Waals surface area (Å²) in [5, 5.41) is 3.42. The van der Waals surface area contributed by atoms with E-state index >= 15 is 0 Å². The summed E-state index contributed by atoms with van der Waals surface area (Å²) in [6.45, 7) is 14.6. The molecule has 150 valence electrons. The van der Waals surface area contributed by atoms with Crippen LogP contribution in [0, 0.1) is 5.92 Å². The molecule has 0 aromatic rings. The Balaban J connectivity index is 1.85. The second kappa shape index (κ2) is 10.7. The summed E-state index contributed by atoms with van der Waals surface area (Å²) in [6.07, 6.45) is 1.69. The summed E-state index contributed by atoms with van der Waals surface area (Å²) in [4.78, 5) is 24.0. The zero-order valence-corrected chi connectivity index (χ0v) is 17.0. The Morgan fingerprint density at radius 2 is 1.81 bits per heavy atom. The minimum absolute atomic E-state index is 0.0401. The van der Waals surface area contributed by atoms with Crippen LogP contribution < -0.4 is 5.32 Å². The lowest BCUT2D eigenvalue weighted by Gasteiger charge is -2.36. The number of nitrogens with zero attached hydrogens (tertiary/aromatic N) is 4. The van der Waals surface area contributed by atoms with Crippen molar-refractivity contribution in [3.63, 3.8) is 0 Å². The largest absolute Gasteiger partial charge is 0.466 e. The minimum atomic E-state index is -0.0437. The van der Waals surface area contributed by atoms with E-state index in [-0.39, 0.29) is 11.9 Å². The van der Waals surface area contributed by atoms with Crippen LogP contribution in [0.2, 0.25) is 0 Å². The van der Waals surface area contributed by atoms with E-state index in [2.05, 4.69) is 40.9 Å². The number of piperazine rings is 1. The van der Waals surface area contributed by atoms with Crippen molar-refractivity contribution in [1.29, 1.82) is 0 Å². The summed E-state index contributed by atoms with van der Waals surface area (Å²) in [5.41, 5.74) is 0. The average Bonchev–Trinajstić information content (AvgIpc) is 2.66. The number of carbonyl (C=O) groups is 1. The highest BCUT2D eigenvalue weighted by Crippen LogP contribution is 2.19. The first-order valence-corrected chi connectivity index (χ1v) is 10.2. The highest BCUT2D eigenvalue weighted by molar-refractivity contribution is 5.80. The molecule has 0 amide bonds. The molecule has 2 aliphatic rings. The summed E-state index contributed by atoms with van der Waals surface area (Å²) >= 11 is 0. The van der Waals surface area contributed by atoms with Crippen molar-refractivity contribution in [3.8, 4) is 0 Å². The number of aliphatic imine (C=N–C) groups is 1. The Bertz CT molecular complexity index is 455. The van der Waals surface area contributed by atoms with Crippen molar-refractivity contribution in [2.24, 2.45) is 10.9 Å². The van der Waals surface area contributed by atoms with Crippen LogP contribution in [0.4, 0.5) is 0 Å². The molecule has 0 bridgehead atoms. The van der Waals surface area contributed by atoms with E-state index < -0.39 is 0 Å². The fourth-order valence-corrected chi connectivity index (χ4v) is 3.61. The summed E-state index contributed by atoms with van der Waals surface area (Å²) in [6, 6.07) is 0.453. The molecule has 1 atom stereocenters. The third kappa shape index (κ3) is 6.13. The van der Waals surface area contributed by atoms with Gasteiger partial charge in [-0.05, 0) is 40.7 Å². The van der Waals surface area contributed by atoms with E-state index in [9.17, 15) is 4.79 Å². The number of hydrogen-bond acceptors (Lipinski definition) is 5. The standard InChI is InChI=1S/C19H37N5O2/c1-5-20-19(21-15-16(3)23-13-11-22(4)12-14-23)24-9-7-17(8-10-24)18(25)26-6-2/h16-17H,5-15H2,1-4H3,(H,20,21). The maximum atomic E-state index is 11.9. The zero-order chi connectivity index (χ0) is 18.9. The van der Waals surface area contributed by atoms with Gasteiger partial charge in [-0.1, -0.05) is 0 Å².